The Morgan fingerprint density at radius 2 is 1.39 bits per heavy atom. The Bertz CT molecular complexity index is 1310. The second-order valence-corrected chi connectivity index (χ2v) is 10.1. The van der Waals surface area contributed by atoms with Crippen molar-refractivity contribution in [2.24, 2.45) is 0 Å². The van der Waals surface area contributed by atoms with Crippen LogP contribution in [0, 0.1) is 0 Å². The minimum atomic E-state index is -1.78. The molecule has 3 aromatic carbocycles. The van der Waals surface area contributed by atoms with Crippen LogP contribution in [-0.2, 0) is 9.53 Å². The Morgan fingerprint density at radius 1 is 0.805 bits per heavy atom. The van der Waals surface area contributed by atoms with Crippen molar-refractivity contribution in [1.82, 2.24) is 4.90 Å². The van der Waals surface area contributed by atoms with E-state index in [1.807, 2.05) is 68.7 Å². The molecule has 0 radical (unpaired) electrons. The molecule has 9 nitrogen and oxygen atoms in total. The topological polar surface area (TPSA) is 129 Å². The van der Waals surface area contributed by atoms with Crippen molar-refractivity contribution in [2.75, 3.05) is 27.2 Å². The Hall–Kier alpha value is -3.73. The van der Waals surface area contributed by atoms with Crippen molar-refractivity contribution in [2.45, 2.75) is 44.1 Å². The molecular weight excluding hydrogens is 526 g/mol. The first-order valence-electron chi connectivity index (χ1n) is 13.6. The molecule has 41 heavy (non-hydrogen) atoms. The van der Waals surface area contributed by atoms with Crippen molar-refractivity contribution in [3.05, 3.63) is 95.6 Å². The molecule has 1 heterocycles. The smallest absolute Gasteiger partial charge is 0.335 e. The third kappa shape index (κ3) is 7.32. The molecule has 5 unspecified atom stereocenters. The maximum absolute atomic E-state index is 11.4. The molecule has 0 saturated carbocycles. The summed E-state index contributed by atoms with van der Waals surface area (Å²) >= 11 is 0. The fourth-order valence-electron chi connectivity index (χ4n) is 4.73. The highest BCUT2D eigenvalue weighted by Crippen LogP contribution is 2.36. The van der Waals surface area contributed by atoms with Gasteiger partial charge >= 0.3 is 5.97 Å². The predicted molar refractivity (Wildman–Crippen MR) is 155 cm³/mol. The van der Waals surface area contributed by atoms with Gasteiger partial charge in [-0.3, -0.25) is 0 Å². The molecule has 0 amide bonds. The van der Waals surface area contributed by atoms with Gasteiger partial charge in [0.2, 0.25) is 6.29 Å². The van der Waals surface area contributed by atoms with E-state index >= 15 is 0 Å². The number of hydrogen-bond donors (Lipinski definition) is 4. The molecule has 9 heteroatoms. The molecule has 218 valence electrons. The van der Waals surface area contributed by atoms with Crippen LogP contribution >= 0.6 is 0 Å². The number of benzene rings is 3. The number of carbonyl (C=O) groups is 1. The lowest BCUT2D eigenvalue weighted by molar-refractivity contribution is -0.271. The summed E-state index contributed by atoms with van der Waals surface area (Å²) in [6.45, 7) is 3.51. The average Bonchev–Trinajstić information content (AvgIpc) is 2.97. The van der Waals surface area contributed by atoms with Gasteiger partial charge in [-0.25, -0.2) is 4.79 Å². The molecule has 1 aliphatic rings. The Balaban J connectivity index is 1.64. The van der Waals surface area contributed by atoms with Crippen molar-refractivity contribution in [3.8, 4) is 11.5 Å². The number of aliphatic hydroxyl groups is 3. The van der Waals surface area contributed by atoms with Crippen LogP contribution in [0.15, 0.2) is 78.9 Å². The van der Waals surface area contributed by atoms with Crippen LogP contribution in [0.2, 0.25) is 0 Å². The number of aliphatic carboxylic acids is 1. The molecule has 1 aliphatic heterocycles. The van der Waals surface area contributed by atoms with E-state index in [0.717, 1.165) is 46.6 Å². The quantitative estimate of drug-likeness (QED) is 0.260. The molecule has 5 atom stereocenters. The molecule has 0 aromatic heterocycles. The normalized spacial score (nSPS) is 23.1. The van der Waals surface area contributed by atoms with Crippen molar-refractivity contribution in [1.29, 1.82) is 0 Å². The summed E-state index contributed by atoms with van der Waals surface area (Å²) in [6.07, 6.45) is -7.61. The lowest BCUT2D eigenvalue weighted by atomic mass is 9.88. The lowest BCUT2D eigenvalue weighted by Crippen LogP contribution is -2.61. The monoisotopic (exact) mass is 563 g/mol. The molecule has 4 rings (SSSR count). The van der Waals surface area contributed by atoms with Crippen LogP contribution in [0.25, 0.3) is 11.1 Å². The van der Waals surface area contributed by atoms with Gasteiger partial charge < -0.3 is 39.5 Å². The van der Waals surface area contributed by atoms with Gasteiger partial charge in [-0.1, -0.05) is 61.5 Å². The number of ether oxygens (including phenoxy) is 3. The summed E-state index contributed by atoms with van der Waals surface area (Å²) in [6, 6.07) is 25.3. The average molecular weight is 564 g/mol. The van der Waals surface area contributed by atoms with Gasteiger partial charge in [-0.05, 0) is 72.6 Å². The van der Waals surface area contributed by atoms with Crippen molar-refractivity contribution < 1.29 is 39.4 Å². The first-order valence-corrected chi connectivity index (χ1v) is 13.6. The molecule has 0 aliphatic carbocycles. The number of likely N-dealkylation sites (N-methyl/N-ethyl adjacent to an activating group) is 1. The Morgan fingerprint density at radius 3 is 1.93 bits per heavy atom. The van der Waals surface area contributed by atoms with E-state index < -0.39 is 36.7 Å². The van der Waals surface area contributed by atoms with E-state index in [1.54, 1.807) is 12.1 Å². The van der Waals surface area contributed by atoms with Gasteiger partial charge in [0.25, 0.3) is 0 Å². The maximum atomic E-state index is 11.4. The third-order valence-electron chi connectivity index (χ3n) is 6.94. The fourth-order valence-corrected chi connectivity index (χ4v) is 4.73. The number of carboxylic acid groups (broad SMARTS) is 1. The Kier molecular flexibility index (Phi) is 10.1. The molecule has 0 bridgehead atoms. The zero-order valence-corrected chi connectivity index (χ0v) is 23.4. The number of carboxylic acids is 1. The highest BCUT2D eigenvalue weighted by atomic mass is 16.7. The van der Waals surface area contributed by atoms with Crippen molar-refractivity contribution >= 4 is 17.1 Å². The van der Waals surface area contributed by atoms with Gasteiger partial charge in [0.05, 0.1) is 0 Å². The summed E-state index contributed by atoms with van der Waals surface area (Å²) < 4.78 is 16.8. The van der Waals surface area contributed by atoms with E-state index in [4.69, 9.17) is 14.2 Å². The number of rotatable bonds is 11. The number of aliphatic hydroxyl groups excluding tert-OH is 3. The highest BCUT2D eigenvalue weighted by molar-refractivity contribution is 5.98. The van der Waals surface area contributed by atoms with Gasteiger partial charge in [0.15, 0.2) is 6.10 Å². The minimum Gasteiger partial charge on any atom is -0.492 e. The summed E-state index contributed by atoms with van der Waals surface area (Å²) in [5, 5.41) is 39.7. The van der Waals surface area contributed by atoms with Gasteiger partial charge in [-0.2, -0.15) is 0 Å². The second kappa shape index (κ2) is 13.8. The number of hydrogen-bond acceptors (Lipinski definition) is 8. The zero-order chi connectivity index (χ0) is 29.5. The number of allylic oxidation sites excluding steroid dienone is 1. The van der Waals surface area contributed by atoms with Crippen LogP contribution in [0.5, 0.6) is 11.5 Å². The largest absolute Gasteiger partial charge is 0.492 e. The van der Waals surface area contributed by atoms with E-state index in [1.165, 1.54) is 0 Å². The van der Waals surface area contributed by atoms with Crippen LogP contribution in [0.4, 0.5) is 0 Å². The molecular formula is C32H37NO8. The summed E-state index contributed by atoms with van der Waals surface area (Å²) in [4.78, 5) is 13.5. The second-order valence-electron chi connectivity index (χ2n) is 10.1. The summed E-state index contributed by atoms with van der Waals surface area (Å²) in [5.74, 6) is -0.383. The first kappa shape index (κ1) is 30.2. The van der Waals surface area contributed by atoms with Crippen LogP contribution in [0.3, 0.4) is 0 Å². The van der Waals surface area contributed by atoms with Crippen molar-refractivity contribution in [3.63, 3.8) is 0 Å². The molecule has 1 fully saturated rings. The van der Waals surface area contributed by atoms with E-state index in [0.29, 0.717) is 12.4 Å². The fraction of sp³-hybridized carbons (Fsp3) is 0.344. The van der Waals surface area contributed by atoms with Crippen LogP contribution in [0.1, 0.15) is 30.0 Å². The van der Waals surface area contributed by atoms with Gasteiger partial charge in [-0.15, -0.1) is 0 Å². The first-order chi connectivity index (χ1) is 19.7. The standard InChI is InChI=1S/C32H37NO8/c1-4-25(20-8-6-5-7-9-20)26(21-10-14-23(15-11-21)39-19-18-33(2)3)22-12-16-24(17-13-22)40-32-29(36)27(34)28(35)30(41-32)31(37)38/h5-17,27-30,32,34-36H,4,18-19H2,1-3H3,(H,37,38). The lowest BCUT2D eigenvalue weighted by Gasteiger charge is -2.38. The summed E-state index contributed by atoms with van der Waals surface area (Å²) in [7, 11) is 4.00. The van der Waals surface area contributed by atoms with Crippen LogP contribution in [-0.4, -0.2) is 89.2 Å². The number of nitrogens with zero attached hydrogens (tertiary/aromatic N) is 1. The van der Waals surface area contributed by atoms with E-state index in [9.17, 15) is 25.2 Å². The molecule has 1 saturated heterocycles. The maximum Gasteiger partial charge on any atom is 0.335 e. The predicted octanol–water partition coefficient (Wildman–Crippen LogP) is 3.27. The SMILES string of the molecule is CCC(=C(c1ccc(OCCN(C)C)cc1)c1ccc(OC2OC(C(=O)O)C(O)C(O)C2O)cc1)c1ccccc1. The molecule has 0 spiro atoms. The van der Waals surface area contributed by atoms with E-state index in [2.05, 4.69) is 24.0 Å². The van der Waals surface area contributed by atoms with Crippen LogP contribution < -0.4 is 9.47 Å². The molecule has 3 aromatic rings. The third-order valence-corrected chi connectivity index (χ3v) is 6.94. The highest BCUT2D eigenvalue weighted by Gasteiger charge is 2.48. The summed E-state index contributed by atoms with van der Waals surface area (Å²) in [5.41, 5.74) is 5.20. The Labute approximate surface area is 239 Å². The molecule has 4 N–H and O–H groups in total. The van der Waals surface area contributed by atoms with Gasteiger partial charge in [0, 0.05) is 6.54 Å². The zero-order valence-electron chi connectivity index (χ0n) is 23.4. The van der Waals surface area contributed by atoms with Gasteiger partial charge in [0.1, 0.15) is 36.4 Å². The minimum absolute atomic E-state index is 0.298. The van der Waals surface area contributed by atoms with E-state index in [-0.39, 0.29) is 0 Å².